The number of carboxylic acids is 1. The Morgan fingerprint density at radius 3 is 2.69 bits per heavy atom. The van der Waals surface area contributed by atoms with E-state index in [4.69, 9.17) is 10.8 Å². The highest BCUT2D eigenvalue weighted by atomic mass is 16.4. The summed E-state index contributed by atoms with van der Waals surface area (Å²) in [5.74, 6) is -0.214. The second kappa shape index (κ2) is 5.15. The van der Waals surface area contributed by atoms with Gasteiger partial charge in [-0.2, -0.15) is 0 Å². The predicted molar refractivity (Wildman–Crippen MR) is 64.2 cm³/mol. The van der Waals surface area contributed by atoms with Gasteiger partial charge in [0, 0.05) is 19.1 Å². The lowest BCUT2D eigenvalue weighted by Crippen LogP contribution is -2.50. The number of carboxylic acid groups (broad SMARTS) is 1. The van der Waals surface area contributed by atoms with Crippen molar-refractivity contribution < 1.29 is 9.90 Å². The number of carbonyl (C=O) groups is 1. The van der Waals surface area contributed by atoms with E-state index in [1.807, 2.05) is 0 Å². The number of hydrogen-bond acceptors (Lipinski definition) is 3. The quantitative estimate of drug-likeness (QED) is 0.757. The Morgan fingerprint density at radius 2 is 2.19 bits per heavy atom. The minimum absolute atomic E-state index is 0.286. The van der Waals surface area contributed by atoms with Crippen LogP contribution < -0.4 is 5.73 Å². The number of nitrogens with two attached hydrogens (primary N) is 1. The molecule has 3 N–H and O–H groups in total. The SMILES string of the molecule is CCC1CN(CC(C)(C)C(=O)O)CCC1N. The zero-order chi connectivity index (χ0) is 12.3. The maximum absolute atomic E-state index is 11.1. The van der Waals surface area contributed by atoms with Crippen molar-refractivity contribution in [2.24, 2.45) is 17.1 Å². The first-order chi connectivity index (χ1) is 7.36. The van der Waals surface area contributed by atoms with Gasteiger partial charge >= 0.3 is 5.97 Å². The van der Waals surface area contributed by atoms with Gasteiger partial charge in [0.2, 0.25) is 0 Å². The Bertz CT molecular complexity index is 253. The van der Waals surface area contributed by atoms with Crippen LogP contribution in [-0.4, -0.2) is 41.7 Å². The maximum Gasteiger partial charge on any atom is 0.310 e. The Balaban J connectivity index is 2.53. The fraction of sp³-hybridized carbons (Fsp3) is 0.917. The summed E-state index contributed by atoms with van der Waals surface area (Å²) in [4.78, 5) is 13.3. The Labute approximate surface area is 97.8 Å². The van der Waals surface area contributed by atoms with Crippen molar-refractivity contribution in [2.45, 2.75) is 39.7 Å². The normalized spacial score (nSPS) is 28.0. The third-order valence-electron chi connectivity index (χ3n) is 3.60. The van der Waals surface area contributed by atoms with Crippen LogP contribution in [0.3, 0.4) is 0 Å². The van der Waals surface area contributed by atoms with Gasteiger partial charge in [0.1, 0.15) is 0 Å². The molecule has 4 nitrogen and oxygen atoms in total. The van der Waals surface area contributed by atoms with Crippen LogP contribution in [0.4, 0.5) is 0 Å². The molecule has 2 atom stereocenters. The predicted octanol–water partition coefficient (Wildman–Crippen LogP) is 1.16. The molecule has 0 amide bonds. The van der Waals surface area contributed by atoms with Crippen molar-refractivity contribution in [3.63, 3.8) is 0 Å². The van der Waals surface area contributed by atoms with Gasteiger partial charge in [-0.15, -0.1) is 0 Å². The monoisotopic (exact) mass is 228 g/mol. The molecular weight excluding hydrogens is 204 g/mol. The van der Waals surface area contributed by atoms with E-state index < -0.39 is 11.4 Å². The number of piperidine rings is 1. The van der Waals surface area contributed by atoms with Crippen molar-refractivity contribution in [3.8, 4) is 0 Å². The summed E-state index contributed by atoms with van der Waals surface area (Å²) in [6, 6.07) is 0.286. The third-order valence-corrected chi connectivity index (χ3v) is 3.60. The van der Waals surface area contributed by atoms with E-state index >= 15 is 0 Å². The van der Waals surface area contributed by atoms with E-state index in [1.54, 1.807) is 13.8 Å². The highest BCUT2D eigenvalue weighted by Gasteiger charge is 2.33. The fourth-order valence-corrected chi connectivity index (χ4v) is 2.33. The number of likely N-dealkylation sites (tertiary alicyclic amines) is 1. The molecule has 2 unspecified atom stereocenters. The molecule has 1 saturated heterocycles. The van der Waals surface area contributed by atoms with Gasteiger partial charge in [-0.1, -0.05) is 13.3 Å². The minimum Gasteiger partial charge on any atom is -0.481 e. The molecule has 1 aliphatic heterocycles. The summed E-state index contributed by atoms with van der Waals surface area (Å²) < 4.78 is 0. The van der Waals surface area contributed by atoms with Gasteiger partial charge in [0.25, 0.3) is 0 Å². The number of nitrogens with zero attached hydrogens (tertiary/aromatic N) is 1. The Hall–Kier alpha value is -0.610. The van der Waals surface area contributed by atoms with Crippen LogP contribution in [0, 0.1) is 11.3 Å². The lowest BCUT2D eigenvalue weighted by Gasteiger charge is -2.39. The van der Waals surface area contributed by atoms with Crippen molar-refractivity contribution in [3.05, 3.63) is 0 Å². The number of aliphatic carboxylic acids is 1. The molecule has 16 heavy (non-hydrogen) atoms. The molecule has 1 heterocycles. The molecule has 0 aromatic heterocycles. The van der Waals surface area contributed by atoms with Crippen LogP contribution in [0.25, 0.3) is 0 Å². The van der Waals surface area contributed by atoms with Crippen molar-refractivity contribution in [1.29, 1.82) is 0 Å². The zero-order valence-electron chi connectivity index (χ0n) is 10.6. The molecule has 0 saturated carbocycles. The molecular formula is C12H24N2O2. The van der Waals surface area contributed by atoms with E-state index in [-0.39, 0.29) is 6.04 Å². The molecule has 1 rings (SSSR count). The van der Waals surface area contributed by atoms with Crippen LogP contribution in [0.1, 0.15) is 33.6 Å². The first-order valence-electron chi connectivity index (χ1n) is 6.08. The average Bonchev–Trinajstić information content (AvgIpc) is 2.20. The fourth-order valence-electron chi connectivity index (χ4n) is 2.33. The molecule has 0 spiro atoms. The summed E-state index contributed by atoms with van der Waals surface area (Å²) >= 11 is 0. The van der Waals surface area contributed by atoms with Gasteiger partial charge in [-0.05, 0) is 32.7 Å². The lowest BCUT2D eigenvalue weighted by molar-refractivity contribution is -0.148. The smallest absolute Gasteiger partial charge is 0.310 e. The summed E-state index contributed by atoms with van der Waals surface area (Å²) in [6.45, 7) is 8.19. The minimum atomic E-state index is -0.726. The molecule has 0 aliphatic carbocycles. The van der Waals surface area contributed by atoms with E-state index in [0.717, 1.165) is 25.9 Å². The number of hydrogen-bond donors (Lipinski definition) is 2. The van der Waals surface area contributed by atoms with Gasteiger partial charge in [0.15, 0.2) is 0 Å². The highest BCUT2D eigenvalue weighted by Crippen LogP contribution is 2.23. The van der Waals surface area contributed by atoms with Crippen LogP contribution in [0.5, 0.6) is 0 Å². The summed E-state index contributed by atoms with van der Waals surface area (Å²) in [5.41, 5.74) is 5.37. The van der Waals surface area contributed by atoms with Crippen molar-refractivity contribution >= 4 is 5.97 Å². The van der Waals surface area contributed by atoms with Crippen LogP contribution in [0.2, 0.25) is 0 Å². The standard InChI is InChI=1S/C12H24N2O2/c1-4-9-7-14(6-5-10(9)13)8-12(2,3)11(15)16/h9-10H,4-8,13H2,1-3H3,(H,15,16). The maximum atomic E-state index is 11.1. The Kier molecular flexibility index (Phi) is 4.33. The second-order valence-corrected chi connectivity index (χ2v) is 5.55. The van der Waals surface area contributed by atoms with Crippen molar-refractivity contribution in [1.82, 2.24) is 4.90 Å². The Morgan fingerprint density at radius 1 is 1.56 bits per heavy atom. The summed E-state index contributed by atoms with van der Waals surface area (Å²) in [5, 5.41) is 9.10. The molecule has 1 fully saturated rings. The van der Waals surface area contributed by atoms with Gasteiger partial charge < -0.3 is 15.7 Å². The largest absolute Gasteiger partial charge is 0.481 e. The second-order valence-electron chi connectivity index (χ2n) is 5.55. The van der Waals surface area contributed by atoms with E-state index in [1.165, 1.54) is 0 Å². The van der Waals surface area contributed by atoms with Crippen LogP contribution in [0.15, 0.2) is 0 Å². The van der Waals surface area contributed by atoms with Gasteiger partial charge in [-0.3, -0.25) is 4.79 Å². The highest BCUT2D eigenvalue weighted by molar-refractivity contribution is 5.73. The molecule has 0 aromatic carbocycles. The van der Waals surface area contributed by atoms with E-state index in [2.05, 4.69) is 11.8 Å². The molecule has 0 radical (unpaired) electrons. The molecule has 1 aliphatic rings. The van der Waals surface area contributed by atoms with Gasteiger partial charge in [-0.25, -0.2) is 0 Å². The van der Waals surface area contributed by atoms with E-state index in [0.29, 0.717) is 12.5 Å². The lowest BCUT2D eigenvalue weighted by atomic mass is 9.87. The average molecular weight is 228 g/mol. The molecule has 0 bridgehead atoms. The molecule has 4 heteroatoms. The van der Waals surface area contributed by atoms with Crippen LogP contribution in [-0.2, 0) is 4.79 Å². The summed E-state index contributed by atoms with van der Waals surface area (Å²) in [7, 11) is 0. The first-order valence-corrected chi connectivity index (χ1v) is 6.08. The van der Waals surface area contributed by atoms with Gasteiger partial charge in [0.05, 0.1) is 5.41 Å². The number of rotatable bonds is 4. The zero-order valence-corrected chi connectivity index (χ0v) is 10.6. The third kappa shape index (κ3) is 3.19. The topological polar surface area (TPSA) is 66.6 Å². The first kappa shape index (κ1) is 13.5. The summed E-state index contributed by atoms with van der Waals surface area (Å²) in [6.07, 6.45) is 2.05. The van der Waals surface area contributed by atoms with E-state index in [9.17, 15) is 4.79 Å². The van der Waals surface area contributed by atoms with Crippen LogP contribution >= 0.6 is 0 Å². The molecule has 0 aromatic rings. The molecule has 94 valence electrons. The van der Waals surface area contributed by atoms with Crippen molar-refractivity contribution in [2.75, 3.05) is 19.6 Å².